The van der Waals surface area contributed by atoms with Crippen molar-refractivity contribution < 1.29 is 9.59 Å². The summed E-state index contributed by atoms with van der Waals surface area (Å²) in [6, 6.07) is 1.83. The molecule has 3 aliphatic rings. The summed E-state index contributed by atoms with van der Waals surface area (Å²) in [7, 11) is 0. The average Bonchev–Trinajstić information content (AvgIpc) is 3.32. The van der Waals surface area contributed by atoms with Gasteiger partial charge in [-0.05, 0) is 38.0 Å². The number of piperidine rings is 1. The van der Waals surface area contributed by atoms with Crippen LogP contribution in [0.25, 0.3) is 0 Å². The number of hydrogen-bond acceptors (Lipinski definition) is 6. The van der Waals surface area contributed by atoms with Crippen molar-refractivity contribution in [2.75, 3.05) is 42.5 Å². The molecule has 3 fully saturated rings. The van der Waals surface area contributed by atoms with Gasteiger partial charge in [-0.1, -0.05) is 20.8 Å². The average molecular weight is 401 g/mol. The van der Waals surface area contributed by atoms with E-state index in [1.54, 1.807) is 4.90 Å². The Balaban J connectivity index is 1.54. The Hall–Kier alpha value is -2.38. The van der Waals surface area contributed by atoms with E-state index >= 15 is 0 Å². The molecule has 0 unspecified atom stereocenters. The summed E-state index contributed by atoms with van der Waals surface area (Å²) in [5, 5.41) is 2.55. The van der Waals surface area contributed by atoms with Crippen LogP contribution in [-0.4, -0.2) is 65.1 Å². The fourth-order valence-corrected chi connectivity index (χ4v) is 4.69. The van der Waals surface area contributed by atoms with Gasteiger partial charge in [0.1, 0.15) is 11.4 Å². The van der Waals surface area contributed by atoms with Crippen LogP contribution in [0.5, 0.6) is 0 Å². The van der Waals surface area contributed by atoms with Gasteiger partial charge in [0, 0.05) is 44.5 Å². The monoisotopic (exact) mass is 400 g/mol. The lowest BCUT2D eigenvalue weighted by Crippen LogP contribution is -2.57. The van der Waals surface area contributed by atoms with Gasteiger partial charge in [0.25, 0.3) is 5.91 Å². The number of rotatable bonds is 5. The Bertz CT molecular complexity index is 781. The van der Waals surface area contributed by atoms with Crippen molar-refractivity contribution in [3.05, 3.63) is 11.8 Å². The number of anilines is 2. The SMILES string of the molecule is CCc1cc(N2CCC3(CC2)C(=O)NC(=O)N3CC(C)C)nc(N2CCCC2)n1. The van der Waals surface area contributed by atoms with E-state index in [-0.39, 0.29) is 11.9 Å². The summed E-state index contributed by atoms with van der Waals surface area (Å²) in [5.74, 6) is 1.94. The molecule has 0 aromatic carbocycles. The summed E-state index contributed by atoms with van der Waals surface area (Å²) in [5.41, 5.74) is 0.336. The molecular weight excluding hydrogens is 368 g/mol. The standard InChI is InChI=1S/C21H32N6O2/c1-4-16-13-17(23-19(22-16)26-9-5-6-10-26)25-11-7-21(8-12-25)18(28)24-20(29)27(21)14-15(2)3/h13,15H,4-12,14H2,1-3H3,(H,24,28,29). The highest BCUT2D eigenvalue weighted by molar-refractivity contribution is 6.07. The van der Waals surface area contributed by atoms with Crippen molar-refractivity contribution >= 4 is 23.7 Å². The molecule has 4 heterocycles. The van der Waals surface area contributed by atoms with Crippen molar-refractivity contribution in [1.82, 2.24) is 20.2 Å². The van der Waals surface area contributed by atoms with Gasteiger partial charge in [0.05, 0.1) is 0 Å². The molecule has 1 spiro atoms. The molecular formula is C21H32N6O2. The van der Waals surface area contributed by atoms with Crippen LogP contribution in [0.4, 0.5) is 16.6 Å². The Labute approximate surface area is 172 Å². The molecule has 1 aromatic rings. The van der Waals surface area contributed by atoms with Crippen LogP contribution in [0.3, 0.4) is 0 Å². The van der Waals surface area contributed by atoms with Crippen molar-refractivity contribution in [2.24, 2.45) is 5.92 Å². The van der Waals surface area contributed by atoms with Crippen molar-refractivity contribution in [1.29, 1.82) is 0 Å². The number of carbonyl (C=O) groups is 2. The molecule has 8 nitrogen and oxygen atoms in total. The smallest absolute Gasteiger partial charge is 0.325 e. The molecule has 8 heteroatoms. The molecule has 0 radical (unpaired) electrons. The lowest BCUT2D eigenvalue weighted by molar-refractivity contribution is -0.127. The van der Waals surface area contributed by atoms with E-state index in [9.17, 15) is 9.59 Å². The summed E-state index contributed by atoms with van der Waals surface area (Å²) in [4.78, 5) is 41.0. The Morgan fingerprint density at radius 2 is 1.76 bits per heavy atom. The fraction of sp³-hybridized carbons (Fsp3) is 0.714. The molecule has 0 bridgehead atoms. The van der Waals surface area contributed by atoms with E-state index in [0.29, 0.717) is 38.4 Å². The maximum atomic E-state index is 12.7. The number of urea groups is 1. The maximum Gasteiger partial charge on any atom is 0.325 e. The van der Waals surface area contributed by atoms with Gasteiger partial charge in [-0.3, -0.25) is 10.1 Å². The van der Waals surface area contributed by atoms with Crippen LogP contribution in [0.15, 0.2) is 6.07 Å². The van der Waals surface area contributed by atoms with Gasteiger partial charge in [0.2, 0.25) is 5.95 Å². The second kappa shape index (κ2) is 7.80. The van der Waals surface area contributed by atoms with E-state index in [1.807, 2.05) is 0 Å². The molecule has 3 aliphatic heterocycles. The zero-order valence-corrected chi connectivity index (χ0v) is 17.8. The number of nitrogens with one attached hydrogen (secondary N) is 1. The van der Waals surface area contributed by atoms with Crippen LogP contribution in [0.2, 0.25) is 0 Å². The number of aromatic nitrogens is 2. The molecule has 1 N–H and O–H groups in total. The molecule has 29 heavy (non-hydrogen) atoms. The zero-order valence-electron chi connectivity index (χ0n) is 17.8. The Morgan fingerprint density at radius 3 is 2.38 bits per heavy atom. The highest BCUT2D eigenvalue weighted by atomic mass is 16.2. The second-order valence-electron chi connectivity index (χ2n) is 8.85. The minimum atomic E-state index is -0.712. The van der Waals surface area contributed by atoms with Gasteiger partial charge in [-0.25, -0.2) is 9.78 Å². The van der Waals surface area contributed by atoms with E-state index in [1.165, 1.54) is 12.8 Å². The van der Waals surface area contributed by atoms with Gasteiger partial charge in [-0.2, -0.15) is 4.98 Å². The predicted octanol–water partition coefficient (Wildman–Crippen LogP) is 2.19. The molecule has 3 saturated heterocycles. The van der Waals surface area contributed by atoms with Gasteiger partial charge in [-0.15, -0.1) is 0 Å². The first-order chi connectivity index (χ1) is 13.9. The van der Waals surface area contributed by atoms with E-state index in [2.05, 4.69) is 42.0 Å². The zero-order chi connectivity index (χ0) is 20.6. The number of nitrogens with zero attached hydrogens (tertiary/aromatic N) is 5. The Kier molecular flexibility index (Phi) is 5.36. The third kappa shape index (κ3) is 3.65. The topological polar surface area (TPSA) is 81.7 Å². The number of imide groups is 1. The first kappa shape index (κ1) is 19.9. The van der Waals surface area contributed by atoms with Crippen molar-refractivity contribution in [3.8, 4) is 0 Å². The lowest BCUT2D eigenvalue weighted by Gasteiger charge is -2.43. The highest BCUT2D eigenvalue weighted by Crippen LogP contribution is 2.35. The van der Waals surface area contributed by atoms with E-state index in [4.69, 9.17) is 9.97 Å². The molecule has 0 aliphatic carbocycles. The quantitative estimate of drug-likeness (QED) is 0.763. The molecule has 158 valence electrons. The van der Waals surface area contributed by atoms with Crippen molar-refractivity contribution in [2.45, 2.75) is 58.4 Å². The van der Waals surface area contributed by atoms with E-state index in [0.717, 1.165) is 37.0 Å². The summed E-state index contributed by atoms with van der Waals surface area (Å²) in [6.07, 6.45) is 4.50. The summed E-state index contributed by atoms with van der Waals surface area (Å²) in [6.45, 7) is 10.3. The highest BCUT2D eigenvalue weighted by Gasteiger charge is 2.54. The summed E-state index contributed by atoms with van der Waals surface area (Å²) < 4.78 is 0. The third-order valence-electron chi connectivity index (χ3n) is 6.37. The van der Waals surface area contributed by atoms with Crippen LogP contribution >= 0.6 is 0 Å². The maximum absolute atomic E-state index is 12.7. The summed E-state index contributed by atoms with van der Waals surface area (Å²) >= 11 is 0. The number of amides is 3. The second-order valence-corrected chi connectivity index (χ2v) is 8.85. The van der Waals surface area contributed by atoms with Crippen LogP contribution in [0.1, 0.15) is 52.1 Å². The number of hydrogen-bond donors (Lipinski definition) is 1. The van der Waals surface area contributed by atoms with Crippen LogP contribution in [-0.2, 0) is 11.2 Å². The van der Waals surface area contributed by atoms with Gasteiger partial charge in [0.15, 0.2) is 0 Å². The minimum Gasteiger partial charge on any atom is -0.356 e. The molecule has 4 rings (SSSR count). The Morgan fingerprint density at radius 1 is 1.07 bits per heavy atom. The van der Waals surface area contributed by atoms with Gasteiger partial charge < -0.3 is 14.7 Å². The largest absolute Gasteiger partial charge is 0.356 e. The molecule has 0 atom stereocenters. The normalized spacial score (nSPS) is 21.6. The van der Waals surface area contributed by atoms with Crippen LogP contribution in [0, 0.1) is 5.92 Å². The predicted molar refractivity (Wildman–Crippen MR) is 112 cm³/mol. The molecule has 1 aromatic heterocycles. The number of carbonyl (C=O) groups excluding carboxylic acids is 2. The van der Waals surface area contributed by atoms with E-state index < -0.39 is 5.54 Å². The number of aryl methyl sites for hydroxylation is 1. The molecule has 3 amide bonds. The van der Waals surface area contributed by atoms with Crippen LogP contribution < -0.4 is 15.1 Å². The first-order valence-corrected chi connectivity index (χ1v) is 10.9. The third-order valence-corrected chi connectivity index (χ3v) is 6.37. The minimum absolute atomic E-state index is 0.141. The lowest BCUT2D eigenvalue weighted by atomic mass is 9.85. The first-order valence-electron chi connectivity index (χ1n) is 10.9. The van der Waals surface area contributed by atoms with Gasteiger partial charge >= 0.3 is 6.03 Å². The molecule has 0 saturated carbocycles. The van der Waals surface area contributed by atoms with Crippen molar-refractivity contribution in [3.63, 3.8) is 0 Å². The fourth-order valence-electron chi connectivity index (χ4n) is 4.69.